The molecule has 0 atom stereocenters. The van der Waals surface area contributed by atoms with Crippen molar-refractivity contribution in [3.63, 3.8) is 0 Å². The number of nitrogens with zero attached hydrogens (tertiary/aromatic N) is 4. The quantitative estimate of drug-likeness (QED) is 0.832. The zero-order valence-electron chi connectivity index (χ0n) is 9.99. The van der Waals surface area contributed by atoms with Crippen LogP contribution in [-0.2, 0) is 13.2 Å². The standard InChI is InChI=1S/C10H11F3N4O/c1-5(2)8-14-15-9(18-8)6-4-17(3)16-7(6)10(11,12)13/h4-5H,1-3H3. The van der Waals surface area contributed by atoms with Crippen LogP contribution in [0.3, 0.4) is 0 Å². The first kappa shape index (κ1) is 12.6. The normalized spacial score (nSPS) is 12.4. The molecule has 0 fully saturated rings. The first-order valence-electron chi connectivity index (χ1n) is 5.23. The predicted molar refractivity (Wildman–Crippen MR) is 55.6 cm³/mol. The van der Waals surface area contributed by atoms with Crippen molar-refractivity contribution in [1.29, 1.82) is 0 Å². The van der Waals surface area contributed by atoms with Crippen molar-refractivity contribution in [2.45, 2.75) is 25.9 Å². The van der Waals surface area contributed by atoms with E-state index in [1.165, 1.54) is 13.2 Å². The van der Waals surface area contributed by atoms with Gasteiger partial charge in [-0.3, -0.25) is 4.68 Å². The largest absolute Gasteiger partial charge is 0.435 e. The van der Waals surface area contributed by atoms with E-state index in [4.69, 9.17) is 4.42 Å². The Morgan fingerprint density at radius 1 is 1.28 bits per heavy atom. The molecule has 5 nitrogen and oxygen atoms in total. The monoisotopic (exact) mass is 260 g/mol. The van der Waals surface area contributed by atoms with Crippen molar-refractivity contribution in [3.8, 4) is 11.5 Å². The molecule has 0 amide bonds. The van der Waals surface area contributed by atoms with Crippen LogP contribution in [0.5, 0.6) is 0 Å². The van der Waals surface area contributed by atoms with Crippen LogP contribution >= 0.6 is 0 Å². The summed E-state index contributed by atoms with van der Waals surface area (Å²) in [5.41, 5.74) is -1.23. The molecule has 2 aromatic heterocycles. The van der Waals surface area contributed by atoms with Crippen molar-refractivity contribution < 1.29 is 17.6 Å². The maximum absolute atomic E-state index is 12.7. The van der Waals surface area contributed by atoms with Crippen LogP contribution in [0.15, 0.2) is 10.6 Å². The summed E-state index contributed by atoms with van der Waals surface area (Å²) in [6, 6.07) is 0. The van der Waals surface area contributed by atoms with Crippen LogP contribution in [0, 0.1) is 0 Å². The first-order valence-corrected chi connectivity index (χ1v) is 5.23. The summed E-state index contributed by atoms with van der Waals surface area (Å²) in [5.74, 6) is 0.0818. The van der Waals surface area contributed by atoms with Crippen molar-refractivity contribution in [3.05, 3.63) is 17.8 Å². The summed E-state index contributed by atoms with van der Waals surface area (Å²) >= 11 is 0. The van der Waals surface area contributed by atoms with Crippen LogP contribution in [-0.4, -0.2) is 20.0 Å². The van der Waals surface area contributed by atoms with E-state index in [1.54, 1.807) is 0 Å². The minimum absolute atomic E-state index is 0.0442. The molecule has 18 heavy (non-hydrogen) atoms. The van der Waals surface area contributed by atoms with Gasteiger partial charge in [-0.2, -0.15) is 18.3 Å². The van der Waals surface area contributed by atoms with Gasteiger partial charge in [0.15, 0.2) is 5.69 Å². The molecular weight excluding hydrogens is 249 g/mol. The van der Waals surface area contributed by atoms with E-state index in [2.05, 4.69) is 15.3 Å². The van der Waals surface area contributed by atoms with E-state index in [-0.39, 0.29) is 17.4 Å². The molecule has 98 valence electrons. The molecule has 0 aromatic carbocycles. The average molecular weight is 260 g/mol. The Morgan fingerprint density at radius 2 is 1.94 bits per heavy atom. The Hall–Kier alpha value is -1.86. The number of alkyl halides is 3. The summed E-state index contributed by atoms with van der Waals surface area (Å²) in [5, 5.41) is 10.7. The lowest BCUT2D eigenvalue weighted by Gasteiger charge is -2.02. The fourth-order valence-corrected chi connectivity index (χ4v) is 1.43. The topological polar surface area (TPSA) is 56.7 Å². The summed E-state index contributed by atoms with van der Waals surface area (Å²) in [6.45, 7) is 3.62. The molecule has 0 unspecified atom stereocenters. The lowest BCUT2D eigenvalue weighted by Crippen LogP contribution is -2.08. The maximum atomic E-state index is 12.7. The minimum Gasteiger partial charge on any atom is -0.420 e. The summed E-state index contributed by atoms with van der Waals surface area (Å²) in [6.07, 6.45) is -3.34. The lowest BCUT2D eigenvalue weighted by atomic mass is 10.2. The van der Waals surface area contributed by atoms with E-state index >= 15 is 0 Å². The van der Waals surface area contributed by atoms with Crippen LogP contribution < -0.4 is 0 Å². The van der Waals surface area contributed by atoms with Crippen molar-refractivity contribution in [2.24, 2.45) is 7.05 Å². The van der Waals surface area contributed by atoms with Gasteiger partial charge in [0, 0.05) is 19.2 Å². The zero-order valence-corrected chi connectivity index (χ0v) is 9.99. The minimum atomic E-state index is -4.55. The smallest absolute Gasteiger partial charge is 0.420 e. The number of hydrogen-bond donors (Lipinski definition) is 0. The van der Waals surface area contributed by atoms with E-state index in [1.807, 2.05) is 13.8 Å². The number of hydrogen-bond acceptors (Lipinski definition) is 4. The van der Waals surface area contributed by atoms with Gasteiger partial charge >= 0.3 is 6.18 Å². The highest BCUT2D eigenvalue weighted by Gasteiger charge is 2.38. The molecule has 0 aliphatic heterocycles. The highest BCUT2D eigenvalue weighted by Crippen LogP contribution is 2.35. The van der Waals surface area contributed by atoms with Crippen LogP contribution in [0.2, 0.25) is 0 Å². The molecule has 0 saturated carbocycles. The van der Waals surface area contributed by atoms with Gasteiger partial charge in [-0.05, 0) is 0 Å². The summed E-state index contributed by atoms with van der Waals surface area (Å²) in [4.78, 5) is 0. The maximum Gasteiger partial charge on any atom is 0.435 e. The van der Waals surface area contributed by atoms with E-state index in [9.17, 15) is 13.2 Å². The van der Waals surface area contributed by atoms with Gasteiger partial charge in [0.2, 0.25) is 5.89 Å². The van der Waals surface area contributed by atoms with Crippen molar-refractivity contribution >= 4 is 0 Å². The third-order valence-corrected chi connectivity index (χ3v) is 2.26. The van der Waals surface area contributed by atoms with Gasteiger partial charge in [0.05, 0.1) is 5.56 Å². The highest BCUT2D eigenvalue weighted by molar-refractivity contribution is 5.55. The van der Waals surface area contributed by atoms with E-state index in [0.29, 0.717) is 5.89 Å². The molecule has 0 N–H and O–H groups in total. The molecule has 2 rings (SSSR count). The second-order valence-electron chi connectivity index (χ2n) is 4.16. The number of aryl methyl sites for hydroxylation is 1. The molecular formula is C10H11F3N4O. The molecule has 2 aromatic rings. The van der Waals surface area contributed by atoms with Crippen molar-refractivity contribution in [2.75, 3.05) is 0 Å². The Kier molecular flexibility index (Phi) is 2.88. The Bertz CT molecular complexity index is 556. The molecule has 0 aliphatic carbocycles. The summed E-state index contributed by atoms with van der Waals surface area (Å²) < 4.78 is 44.5. The van der Waals surface area contributed by atoms with Crippen LogP contribution in [0.25, 0.3) is 11.5 Å². The molecule has 0 aliphatic rings. The molecule has 0 spiro atoms. The Morgan fingerprint density at radius 3 is 2.44 bits per heavy atom. The van der Waals surface area contributed by atoms with E-state index < -0.39 is 11.9 Å². The fraction of sp³-hybridized carbons (Fsp3) is 0.500. The Labute approximate surface area is 101 Å². The van der Waals surface area contributed by atoms with Crippen LogP contribution in [0.1, 0.15) is 31.4 Å². The second-order valence-corrected chi connectivity index (χ2v) is 4.16. The average Bonchev–Trinajstić information content (AvgIpc) is 2.81. The van der Waals surface area contributed by atoms with Gasteiger partial charge in [-0.15, -0.1) is 10.2 Å². The third kappa shape index (κ3) is 2.22. The van der Waals surface area contributed by atoms with Gasteiger partial charge in [0.1, 0.15) is 0 Å². The van der Waals surface area contributed by atoms with Gasteiger partial charge in [0.25, 0.3) is 5.89 Å². The SMILES string of the molecule is CC(C)c1nnc(-c2cn(C)nc2C(F)(F)F)o1. The van der Waals surface area contributed by atoms with Crippen LogP contribution in [0.4, 0.5) is 13.2 Å². The fourth-order valence-electron chi connectivity index (χ4n) is 1.43. The Balaban J connectivity index is 2.50. The van der Waals surface area contributed by atoms with Gasteiger partial charge < -0.3 is 4.42 Å². The highest BCUT2D eigenvalue weighted by atomic mass is 19.4. The zero-order chi connectivity index (χ0) is 13.5. The number of rotatable bonds is 2. The first-order chi connectivity index (χ1) is 8.29. The molecule has 0 radical (unpaired) electrons. The molecule has 0 saturated heterocycles. The lowest BCUT2D eigenvalue weighted by molar-refractivity contribution is -0.141. The second kappa shape index (κ2) is 4.11. The summed E-state index contributed by atoms with van der Waals surface area (Å²) in [7, 11) is 1.40. The molecule has 8 heteroatoms. The van der Waals surface area contributed by atoms with E-state index in [0.717, 1.165) is 4.68 Å². The molecule has 0 bridgehead atoms. The third-order valence-electron chi connectivity index (χ3n) is 2.26. The van der Waals surface area contributed by atoms with Gasteiger partial charge in [-0.1, -0.05) is 13.8 Å². The predicted octanol–water partition coefficient (Wildman–Crippen LogP) is 2.61. The number of aromatic nitrogens is 4. The van der Waals surface area contributed by atoms with Crippen molar-refractivity contribution in [1.82, 2.24) is 20.0 Å². The van der Waals surface area contributed by atoms with Gasteiger partial charge in [-0.25, -0.2) is 0 Å². The molecule has 2 heterocycles. The number of halogens is 3.